The highest BCUT2D eigenvalue weighted by molar-refractivity contribution is 5.80. The van der Waals surface area contributed by atoms with Crippen LogP contribution in [0, 0.1) is 0 Å². The average Bonchev–Trinajstić information content (AvgIpc) is 2.07. The van der Waals surface area contributed by atoms with E-state index in [4.69, 9.17) is 10.2 Å². The summed E-state index contributed by atoms with van der Waals surface area (Å²) in [6.45, 7) is 0. The van der Waals surface area contributed by atoms with Gasteiger partial charge in [-0.1, -0.05) is 0 Å². The van der Waals surface area contributed by atoms with Crippen molar-refractivity contribution in [1.29, 1.82) is 0 Å². The van der Waals surface area contributed by atoms with Crippen molar-refractivity contribution in [3.63, 3.8) is 0 Å². The molecule has 4 nitrogen and oxygen atoms in total. The molecule has 0 aliphatic carbocycles. The predicted octanol–water partition coefficient (Wildman–Crippen LogP) is 0.993. The Labute approximate surface area is 76.7 Å². The van der Waals surface area contributed by atoms with Gasteiger partial charge in [-0.2, -0.15) is 5.10 Å². The van der Waals surface area contributed by atoms with Crippen molar-refractivity contribution in [2.75, 3.05) is 14.1 Å². The van der Waals surface area contributed by atoms with Crippen LogP contribution in [0.15, 0.2) is 23.3 Å². The Morgan fingerprint density at radius 2 is 1.92 bits per heavy atom. The summed E-state index contributed by atoms with van der Waals surface area (Å²) in [4.78, 5) is 0. The molecule has 2 N–H and O–H groups in total. The molecular weight excluding hydrogens is 168 g/mol. The first-order valence-electron chi connectivity index (χ1n) is 3.83. The molecule has 0 atom stereocenters. The van der Waals surface area contributed by atoms with Crippen LogP contribution in [-0.2, 0) is 0 Å². The second kappa shape index (κ2) is 3.80. The molecule has 0 fully saturated rings. The highest BCUT2D eigenvalue weighted by Crippen LogP contribution is 2.23. The summed E-state index contributed by atoms with van der Waals surface area (Å²) >= 11 is 0. The lowest BCUT2D eigenvalue weighted by atomic mass is 10.2. The van der Waals surface area contributed by atoms with Gasteiger partial charge in [-0.3, -0.25) is 0 Å². The molecule has 0 saturated heterocycles. The van der Waals surface area contributed by atoms with Crippen LogP contribution in [0.3, 0.4) is 0 Å². The van der Waals surface area contributed by atoms with Crippen LogP contribution in [0.2, 0.25) is 0 Å². The maximum absolute atomic E-state index is 9.14. The molecular formula is C9H12N2O2. The third-order valence-electron chi connectivity index (χ3n) is 1.44. The van der Waals surface area contributed by atoms with Crippen molar-refractivity contribution in [2.45, 2.75) is 0 Å². The molecule has 0 aromatic heterocycles. The van der Waals surface area contributed by atoms with Crippen molar-refractivity contribution in [2.24, 2.45) is 5.10 Å². The molecule has 4 heteroatoms. The fraction of sp³-hybridized carbons (Fsp3) is 0.222. The van der Waals surface area contributed by atoms with Gasteiger partial charge in [-0.15, -0.1) is 0 Å². The van der Waals surface area contributed by atoms with Crippen LogP contribution in [0.4, 0.5) is 0 Å². The lowest BCUT2D eigenvalue weighted by molar-refractivity contribution is 0.403. The molecule has 13 heavy (non-hydrogen) atoms. The molecule has 0 aliphatic rings. The van der Waals surface area contributed by atoms with Gasteiger partial charge in [0.05, 0.1) is 6.21 Å². The van der Waals surface area contributed by atoms with E-state index in [2.05, 4.69) is 5.10 Å². The van der Waals surface area contributed by atoms with E-state index in [0.717, 1.165) is 5.56 Å². The number of rotatable bonds is 2. The first-order chi connectivity index (χ1) is 6.09. The van der Waals surface area contributed by atoms with Crippen LogP contribution in [-0.4, -0.2) is 35.5 Å². The Bertz CT molecular complexity index is 321. The third kappa shape index (κ3) is 2.66. The number of benzene rings is 1. The lowest BCUT2D eigenvalue weighted by Gasteiger charge is -2.02. The SMILES string of the molecule is CN(C)/N=C/c1ccc(O)c(O)c1. The molecule has 1 aromatic carbocycles. The van der Waals surface area contributed by atoms with Gasteiger partial charge in [0, 0.05) is 14.1 Å². The minimum atomic E-state index is -0.136. The topological polar surface area (TPSA) is 56.1 Å². The summed E-state index contributed by atoms with van der Waals surface area (Å²) in [5.41, 5.74) is 0.740. The van der Waals surface area contributed by atoms with E-state index in [-0.39, 0.29) is 11.5 Å². The number of aromatic hydroxyl groups is 2. The summed E-state index contributed by atoms with van der Waals surface area (Å²) < 4.78 is 0. The quantitative estimate of drug-likeness (QED) is 0.405. The van der Waals surface area contributed by atoms with Gasteiger partial charge in [0.1, 0.15) is 0 Å². The van der Waals surface area contributed by atoms with Crippen molar-refractivity contribution in [3.8, 4) is 11.5 Å². The number of hydrogen-bond donors (Lipinski definition) is 2. The van der Waals surface area contributed by atoms with E-state index in [1.54, 1.807) is 31.4 Å². The molecule has 0 saturated carbocycles. The second-order valence-electron chi connectivity index (χ2n) is 2.84. The van der Waals surface area contributed by atoms with Crippen LogP contribution in [0.1, 0.15) is 5.56 Å². The molecule has 0 heterocycles. The van der Waals surface area contributed by atoms with Gasteiger partial charge in [-0.05, 0) is 23.8 Å². The Kier molecular flexibility index (Phi) is 2.74. The lowest BCUT2D eigenvalue weighted by Crippen LogP contribution is -2.01. The zero-order valence-electron chi connectivity index (χ0n) is 7.60. The predicted molar refractivity (Wildman–Crippen MR) is 51.1 cm³/mol. The van der Waals surface area contributed by atoms with E-state index in [1.807, 2.05) is 0 Å². The Morgan fingerprint density at radius 3 is 2.46 bits per heavy atom. The molecule has 0 aliphatic heterocycles. The zero-order chi connectivity index (χ0) is 9.84. The van der Waals surface area contributed by atoms with Crippen molar-refractivity contribution in [3.05, 3.63) is 23.8 Å². The summed E-state index contributed by atoms with van der Waals surface area (Å²) in [6.07, 6.45) is 1.60. The van der Waals surface area contributed by atoms with Gasteiger partial charge in [0.15, 0.2) is 11.5 Å². The van der Waals surface area contributed by atoms with Gasteiger partial charge in [-0.25, -0.2) is 0 Å². The van der Waals surface area contributed by atoms with Crippen molar-refractivity contribution >= 4 is 6.21 Å². The van der Waals surface area contributed by atoms with E-state index >= 15 is 0 Å². The third-order valence-corrected chi connectivity index (χ3v) is 1.44. The maximum Gasteiger partial charge on any atom is 0.158 e. The van der Waals surface area contributed by atoms with E-state index in [9.17, 15) is 0 Å². The van der Waals surface area contributed by atoms with Crippen molar-refractivity contribution in [1.82, 2.24) is 5.01 Å². The normalized spacial score (nSPS) is 10.6. The number of phenols is 2. The molecule has 0 bridgehead atoms. The number of nitrogens with zero attached hydrogens (tertiary/aromatic N) is 2. The highest BCUT2D eigenvalue weighted by atomic mass is 16.3. The molecule has 0 unspecified atom stereocenters. The first kappa shape index (κ1) is 9.38. The molecule has 0 spiro atoms. The van der Waals surface area contributed by atoms with Gasteiger partial charge in [0.25, 0.3) is 0 Å². The number of phenolic OH excluding ortho intramolecular Hbond substituents is 2. The Balaban J connectivity index is 2.85. The monoisotopic (exact) mass is 180 g/mol. The fourth-order valence-electron chi connectivity index (χ4n) is 0.803. The minimum absolute atomic E-state index is 0.123. The van der Waals surface area contributed by atoms with Gasteiger partial charge >= 0.3 is 0 Å². The minimum Gasteiger partial charge on any atom is -0.504 e. The van der Waals surface area contributed by atoms with Crippen LogP contribution in [0.5, 0.6) is 11.5 Å². The van der Waals surface area contributed by atoms with E-state index in [0.29, 0.717) is 0 Å². The van der Waals surface area contributed by atoms with Gasteiger partial charge in [0.2, 0.25) is 0 Å². The molecule has 1 aromatic rings. The Hall–Kier alpha value is -1.71. The maximum atomic E-state index is 9.14. The summed E-state index contributed by atoms with van der Waals surface area (Å²) in [7, 11) is 3.60. The second-order valence-corrected chi connectivity index (χ2v) is 2.84. The van der Waals surface area contributed by atoms with Crippen LogP contribution < -0.4 is 0 Å². The fourth-order valence-corrected chi connectivity index (χ4v) is 0.803. The Morgan fingerprint density at radius 1 is 1.23 bits per heavy atom. The molecule has 0 radical (unpaired) electrons. The van der Waals surface area contributed by atoms with Crippen LogP contribution >= 0.6 is 0 Å². The van der Waals surface area contributed by atoms with Crippen LogP contribution in [0.25, 0.3) is 0 Å². The molecule has 1 rings (SSSR count). The zero-order valence-corrected chi connectivity index (χ0v) is 7.60. The molecule has 0 amide bonds. The summed E-state index contributed by atoms with van der Waals surface area (Å²) in [5, 5.41) is 23.8. The standard InChI is InChI=1S/C9H12N2O2/c1-11(2)10-6-7-3-4-8(12)9(13)5-7/h3-6,12-13H,1-2H3/b10-6+. The van der Waals surface area contributed by atoms with Crippen molar-refractivity contribution < 1.29 is 10.2 Å². The molecule has 70 valence electrons. The van der Waals surface area contributed by atoms with E-state index < -0.39 is 0 Å². The smallest absolute Gasteiger partial charge is 0.158 e. The number of hydrogen-bond acceptors (Lipinski definition) is 4. The summed E-state index contributed by atoms with van der Waals surface area (Å²) in [6, 6.07) is 4.54. The summed E-state index contributed by atoms with van der Waals surface area (Å²) in [5.74, 6) is -0.260. The van der Waals surface area contributed by atoms with Gasteiger partial charge < -0.3 is 15.2 Å². The highest BCUT2D eigenvalue weighted by Gasteiger charge is 1.97. The first-order valence-corrected chi connectivity index (χ1v) is 3.83. The number of hydrazone groups is 1. The average molecular weight is 180 g/mol. The van der Waals surface area contributed by atoms with E-state index in [1.165, 1.54) is 12.1 Å². The largest absolute Gasteiger partial charge is 0.504 e.